The minimum Gasteiger partial charge on any atom is -0.508 e. The van der Waals surface area contributed by atoms with Crippen LogP contribution in [-0.2, 0) is 12.6 Å². The van der Waals surface area contributed by atoms with Gasteiger partial charge in [-0.3, -0.25) is 0 Å². The Morgan fingerprint density at radius 2 is 1.71 bits per heavy atom. The summed E-state index contributed by atoms with van der Waals surface area (Å²) < 4.78 is 37.8. The van der Waals surface area contributed by atoms with E-state index in [1.54, 1.807) is 12.1 Å². The quantitative estimate of drug-likeness (QED) is 0.837. The number of fused-ring (bicyclic) bond motifs is 1. The molecule has 0 bridgehead atoms. The van der Waals surface area contributed by atoms with Gasteiger partial charge in [-0.15, -0.1) is 0 Å². The molecule has 0 fully saturated rings. The molecule has 1 heterocycles. The minimum atomic E-state index is -4.32. The summed E-state index contributed by atoms with van der Waals surface area (Å²) in [4.78, 5) is 1.98. The lowest BCUT2D eigenvalue weighted by atomic mass is 10.0. The molecule has 0 aromatic heterocycles. The first-order valence-electron chi connectivity index (χ1n) is 6.72. The second-order valence-corrected chi connectivity index (χ2v) is 5.11. The molecular formula is C16H14F3NO. The molecule has 0 atom stereocenters. The number of phenolic OH excluding ortho intramolecular Hbond substituents is 1. The standard InChI is InChI=1S/C16H14F3NO/c17-16(18,19)12-3-5-13(6-4-12)20-9-1-2-11-10-14(21)7-8-15(11)20/h3-8,10,21H,1-2,9H2. The molecule has 2 aromatic rings. The van der Waals surface area contributed by atoms with Gasteiger partial charge in [-0.1, -0.05) is 0 Å². The zero-order chi connectivity index (χ0) is 15.0. The van der Waals surface area contributed by atoms with E-state index in [0.29, 0.717) is 0 Å². The van der Waals surface area contributed by atoms with Crippen molar-refractivity contribution < 1.29 is 18.3 Å². The first kappa shape index (κ1) is 13.8. The molecule has 2 aromatic carbocycles. The Hall–Kier alpha value is -2.17. The molecule has 0 aliphatic carbocycles. The van der Waals surface area contributed by atoms with Crippen molar-refractivity contribution in [2.24, 2.45) is 0 Å². The van der Waals surface area contributed by atoms with Crippen molar-refractivity contribution in [1.82, 2.24) is 0 Å². The number of phenols is 1. The Morgan fingerprint density at radius 3 is 2.38 bits per heavy atom. The van der Waals surface area contributed by atoms with Gasteiger partial charge in [-0.05, 0) is 60.9 Å². The number of nitrogens with zero attached hydrogens (tertiary/aromatic N) is 1. The lowest BCUT2D eigenvalue weighted by molar-refractivity contribution is -0.137. The maximum absolute atomic E-state index is 12.6. The van der Waals surface area contributed by atoms with Crippen molar-refractivity contribution in [3.63, 3.8) is 0 Å². The second-order valence-electron chi connectivity index (χ2n) is 5.11. The number of halogens is 3. The van der Waals surface area contributed by atoms with Crippen LogP contribution in [0, 0.1) is 0 Å². The fraction of sp³-hybridized carbons (Fsp3) is 0.250. The lowest BCUT2D eigenvalue weighted by Gasteiger charge is -2.31. The van der Waals surface area contributed by atoms with Crippen molar-refractivity contribution in [2.75, 3.05) is 11.4 Å². The molecule has 0 amide bonds. The van der Waals surface area contributed by atoms with Gasteiger partial charge in [0.1, 0.15) is 5.75 Å². The molecule has 21 heavy (non-hydrogen) atoms. The van der Waals surface area contributed by atoms with Crippen LogP contribution < -0.4 is 4.90 Å². The average Bonchev–Trinajstić information content (AvgIpc) is 2.45. The summed E-state index contributed by atoms with van der Waals surface area (Å²) in [5.74, 6) is 0.211. The number of hydrogen-bond acceptors (Lipinski definition) is 2. The maximum atomic E-state index is 12.6. The van der Waals surface area contributed by atoms with Gasteiger partial charge < -0.3 is 10.0 Å². The zero-order valence-corrected chi connectivity index (χ0v) is 11.2. The highest BCUT2D eigenvalue weighted by Crippen LogP contribution is 2.36. The number of aryl methyl sites for hydroxylation is 1. The van der Waals surface area contributed by atoms with E-state index < -0.39 is 11.7 Å². The van der Waals surface area contributed by atoms with Crippen molar-refractivity contribution >= 4 is 11.4 Å². The summed E-state index contributed by atoms with van der Waals surface area (Å²) in [6.45, 7) is 0.753. The molecule has 2 nitrogen and oxygen atoms in total. The van der Waals surface area contributed by atoms with E-state index in [4.69, 9.17) is 0 Å². The molecule has 1 aliphatic heterocycles. The first-order valence-corrected chi connectivity index (χ1v) is 6.72. The summed E-state index contributed by atoms with van der Waals surface area (Å²) in [7, 11) is 0. The van der Waals surface area contributed by atoms with Crippen LogP contribution >= 0.6 is 0 Å². The summed E-state index contributed by atoms with van der Waals surface area (Å²) in [6.07, 6.45) is -2.55. The van der Waals surface area contributed by atoms with Gasteiger partial charge in [0, 0.05) is 17.9 Å². The Kier molecular flexibility index (Phi) is 3.27. The zero-order valence-electron chi connectivity index (χ0n) is 11.2. The molecule has 5 heteroatoms. The smallest absolute Gasteiger partial charge is 0.416 e. The predicted octanol–water partition coefficient (Wildman–Crippen LogP) is 4.50. The molecule has 1 aliphatic rings. The van der Waals surface area contributed by atoms with Crippen molar-refractivity contribution in [2.45, 2.75) is 19.0 Å². The van der Waals surface area contributed by atoms with E-state index in [9.17, 15) is 18.3 Å². The van der Waals surface area contributed by atoms with Gasteiger partial charge >= 0.3 is 6.18 Å². The highest BCUT2D eigenvalue weighted by Gasteiger charge is 2.30. The molecule has 0 unspecified atom stereocenters. The fourth-order valence-electron chi connectivity index (χ4n) is 2.68. The van der Waals surface area contributed by atoms with Crippen LogP contribution in [0.3, 0.4) is 0 Å². The Labute approximate surface area is 120 Å². The van der Waals surface area contributed by atoms with Gasteiger partial charge in [0.15, 0.2) is 0 Å². The Morgan fingerprint density at radius 1 is 1.00 bits per heavy atom. The van der Waals surface area contributed by atoms with Gasteiger partial charge in [0.2, 0.25) is 0 Å². The highest BCUT2D eigenvalue weighted by molar-refractivity contribution is 5.68. The third kappa shape index (κ3) is 2.68. The van der Waals surface area contributed by atoms with Crippen LogP contribution in [-0.4, -0.2) is 11.7 Å². The average molecular weight is 293 g/mol. The van der Waals surface area contributed by atoms with E-state index in [2.05, 4.69) is 0 Å². The van der Waals surface area contributed by atoms with Gasteiger partial charge in [0.05, 0.1) is 5.56 Å². The molecule has 110 valence electrons. The van der Waals surface area contributed by atoms with E-state index in [1.165, 1.54) is 12.1 Å². The summed E-state index contributed by atoms with van der Waals surface area (Å²) in [5, 5.41) is 9.53. The second kappa shape index (κ2) is 4.98. The topological polar surface area (TPSA) is 23.5 Å². The monoisotopic (exact) mass is 293 g/mol. The van der Waals surface area contributed by atoms with Crippen LogP contribution in [0.15, 0.2) is 42.5 Å². The number of benzene rings is 2. The normalized spacial score (nSPS) is 14.9. The van der Waals surface area contributed by atoms with Crippen LogP contribution in [0.25, 0.3) is 0 Å². The summed E-state index contributed by atoms with van der Waals surface area (Å²) in [5.41, 5.74) is 2.05. The van der Waals surface area contributed by atoms with Crippen molar-refractivity contribution in [3.8, 4) is 5.75 Å². The molecule has 1 N–H and O–H groups in total. The minimum absolute atomic E-state index is 0.211. The van der Waals surface area contributed by atoms with E-state index in [-0.39, 0.29) is 5.75 Å². The Balaban J connectivity index is 1.95. The SMILES string of the molecule is Oc1ccc2c(c1)CCCN2c1ccc(C(F)(F)F)cc1. The number of aromatic hydroxyl groups is 1. The summed E-state index contributed by atoms with van der Waals surface area (Å²) >= 11 is 0. The number of alkyl halides is 3. The molecule has 0 saturated carbocycles. The van der Waals surface area contributed by atoms with Crippen LogP contribution in [0.4, 0.5) is 24.5 Å². The lowest BCUT2D eigenvalue weighted by Crippen LogP contribution is -2.24. The van der Waals surface area contributed by atoms with E-state index in [1.807, 2.05) is 11.0 Å². The molecular weight excluding hydrogens is 279 g/mol. The third-order valence-corrected chi connectivity index (χ3v) is 3.69. The van der Waals surface area contributed by atoms with Gasteiger partial charge in [0.25, 0.3) is 0 Å². The largest absolute Gasteiger partial charge is 0.508 e. The first-order chi connectivity index (χ1) is 9.95. The highest BCUT2D eigenvalue weighted by atomic mass is 19.4. The predicted molar refractivity (Wildman–Crippen MR) is 74.9 cm³/mol. The number of anilines is 2. The van der Waals surface area contributed by atoms with Crippen molar-refractivity contribution in [3.05, 3.63) is 53.6 Å². The fourth-order valence-corrected chi connectivity index (χ4v) is 2.68. The number of rotatable bonds is 1. The van der Waals surface area contributed by atoms with Crippen LogP contribution in [0.5, 0.6) is 5.75 Å². The Bertz CT molecular complexity index is 650. The van der Waals surface area contributed by atoms with Gasteiger partial charge in [-0.25, -0.2) is 0 Å². The maximum Gasteiger partial charge on any atom is 0.416 e. The summed E-state index contributed by atoms with van der Waals surface area (Å²) in [6, 6.07) is 10.3. The van der Waals surface area contributed by atoms with Gasteiger partial charge in [-0.2, -0.15) is 13.2 Å². The third-order valence-electron chi connectivity index (χ3n) is 3.69. The van der Waals surface area contributed by atoms with E-state index >= 15 is 0 Å². The molecule has 0 radical (unpaired) electrons. The molecule has 0 spiro atoms. The molecule has 3 rings (SSSR count). The van der Waals surface area contributed by atoms with Crippen molar-refractivity contribution in [1.29, 1.82) is 0 Å². The molecule has 0 saturated heterocycles. The number of hydrogen-bond donors (Lipinski definition) is 1. The van der Waals surface area contributed by atoms with E-state index in [0.717, 1.165) is 48.5 Å². The van der Waals surface area contributed by atoms with Crippen LogP contribution in [0.1, 0.15) is 17.5 Å². The van der Waals surface area contributed by atoms with Crippen LogP contribution in [0.2, 0.25) is 0 Å².